The molecule has 4 nitrogen and oxygen atoms in total. The van der Waals surface area contributed by atoms with E-state index in [0.29, 0.717) is 10.1 Å². The predicted octanol–water partition coefficient (Wildman–Crippen LogP) is 6.33. The van der Waals surface area contributed by atoms with Crippen LogP contribution in [0.15, 0.2) is 82.7 Å². The van der Waals surface area contributed by atoms with Gasteiger partial charge in [-0.2, -0.15) is 0 Å². The number of thioether (sulfide) groups is 1. The van der Waals surface area contributed by atoms with E-state index in [1.165, 1.54) is 11.8 Å². The lowest BCUT2D eigenvalue weighted by molar-refractivity contribution is -0.113. The van der Waals surface area contributed by atoms with Gasteiger partial charge in [0, 0.05) is 0 Å². The molecule has 1 amide bonds. The van der Waals surface area contributed by atoms with Crippen molar-refractivity contribution < 1.29 is 9.90 Å². The molecule has 1 N–H and O–H groups in total. The SMILES string of the molecule is CCc1ccccc1N=C1S/C(=C\c2ccc(O)cc2)C(=O)N1c1ccccc1CC. The molecule has 0 spiro atoms. The van der Waals surface area contributed by atoms with Gasteiger partial charge in [-0.3, -0.25) is 9.69 Å². The number of carbonyl (C=O) groups excluding carboxylic acids is 1. The quantitative estimate of drug-likeness (QED) is 0.484. The number of amidine groups is 1. The van der Waals surface area contributed by atoms with Gasteiger partial charge in [-0.05, 0) is 71.6 Å². The highest BCUT2D eigenvalue weighted by Gasteiger charge is 2.35. The Labute approximate surface area is 187 Å². The smallest absolute Gasteiger partial charge is 0.271 e. The van der Waals surface area contributed by atoms with Crippen LogP contribution in [0.2, 0.25) is 0 Å². The summed E-state index contributed by atoms with van der Waals surface area (Å²) in [5.41, 5.74) is 4.84. The fourth-order valence-corrected chi connectivity index (χ4v) is 4.52. The summed E-state index contributed by atoms with van der Waals surface area (Å²) in [5.74, 6) is 0.108. The number of aromatic hydroxyl groups is 1. The number of amides is 1. The Morgan fingerprint density at radius 2 is 1.55 bits per heavy atom. The fourth-order valence-electron chi connectivity index (χ4n) is 3.53. The number of aryl methyl sites for hydroxylation is 2. The predicted molar refractivity (Wildman–Crippen MR) is 130 cm³/mol. The highest BCUT2D eigenvalue weighted by molar-refractivity contribution is 8.19. The van der Waals surface area contributed by atoms with Crippen LogP contribution in [0.4, 0.5) is 11.4 Å². The molecule has 1 heterocycles. The summed E-state index contributed by atoms with van der Waals surface area (Å²) < 4.78 is 0. The molecule has 156 valence electrons. The van der Waals surface area contributed by atoms with Gasteiger partial charge in [-0.15, -0.1) is 0 Å². The van der Waals surface area contributed by atoms with E-state index < -0.39 is 0 Å². The Hall–Kier alpha value is -3.31. The minimum absolute atomic E-state index is 0.0910. The fraction of sp³-hybridized carbons (Fsp3) is 0.154. The zero-order valence-electron chi connectivity index (χ0n) is 17.6. The summed E-state index contributed by atoms with van der Waals surface area (Å²) >= 11 is 1.38. The Morgan fingerprint density at radius 1 is 0.903 bits per heavy atom. The summed E-state index contributed by atoms with van der Waals surface area (Å²) in [4.78, 5) is 20.8. The van der Waals surface area contributed by atoms with E-state index in [4.69, 9.17) is 4.99 Å². The van der Waals surface area contributed by atoms with Gasteiger partial charge >= 0.3 is 0 Å². The van der Waals surface area contributed by atoms with Crippen molar-refractivity contribution in [2.24, 2.45) is 4.99 Å². The number of carbonyl (C=O) groups is 1. The maximum absolute atomic E-state index is 13.5. The van der Waals surface area contributed by atoms with Crippen LogP contribution in [-0.2, 0) is 17.6 Å². The van der Waals surface area contributed by atoms with Crippen LogP contribution >= 0.6 is 11.8 Å². The summed E-state index contributed by atoms with van der Waals surface area (Å²) in [5, 5.41) is 10.2. The van der Waals surface area contributed by atoms with Crippen LogP contribution in [0.3, 0.4) is 0 Å². The third-order valence-electron chi connectivity index (χ3n) is 5.20. The normalized spacial score (nSPS) is 16.5. The second-order valence-corrected chi connectivity index (χ2v) is 8.21. The number of phenolic OH excluding ortho intramolecular Hbond substituents is 1. The zero-order chi connectivity index (χ0) is 21.8. The molecule has 31 heavy (non-hydrogen) atoms. The monoisotopic (exact) mass is 428 g/mol. The van der Waals surface area contributed by atoms with Crippen molar-refractivity contribution in [3.63, 3.8) is 0 Å². The largest absolute Gasteiger partial charge is 0.508 e. The zero-order valence-corrected chi connectivity index (χ0v) is 18.4. The number of hydrogen-bond acceptors (Lipinski definition) is 4. The number of rotatable bonds is 5. The molecule has 1 fully saturated rings. The van der Waals surface area contributed by atoms with Crippen molar-refractivity contribution in [1.82, 2.24) is 0 Å². The van der Waals surface area contributed by atoms with E-state index in [-0.39, 0.29) is 11.7 Å². The molecule has 0 aliphatic carbocycles. The molecule has 0 aromatic heterocycles. The molecule has 4 rings (SSSR count). The van der Waals surface area contributed by atoms with Crippen molar-refractivity contribution in [3.8, 4) is 5.75 Å². The number of nitrogens with zero attached hydrogens (tertiary/aromatic N) is 2. The van der Waals surface area contributed by atoms with E-state index in [9.17, 15) is 9.90 Å². The van der Waals surface area contributed by atoms with Crippen molar-refractivity contribution in [3.05, 3.63) is 94.4 Å². The van der Waals surface area contributed by atoms with Crippen molar-refractivity contribution in [2.75, 3.05) is 4.90 Å². The van der Waals surface area contributed by atoms with Gasteiger partial charge in [0.15, 0.2) is 5.17 Å². The highest BCUT2D eigenvalue weighted by Crippen LogP contribution is 2.39. The standard InChI is InChI=1S/C26H24N2O2S/c1-3-19-9-5-7-11-22(19)27-26-28(23-12-8-6-10-20(23)4-2)25(30)24(31-26)17-18-13-15-21(29)16-14-18/h5-17,29H,3-4H2,1-2H3/b24-17-,27-26?. The number of aliphatic imine (C=N–C) groups is 1. The van der Waals surface area contributed by atoms with Gasteiger partial charge in [-0.25, -0.2) is 4.99 Å². The van der Waals surface area contributed by atoms with Gasteiger partial charge in [0.05, 0.1) is 16.3 Å². The first-order chi connectivity index (χ1) is 15.1. The van der Waals surface area contributed by atoms with Crippen molar-refractivity contribution >= 4 is 40.3 Å². The number of hydrogen-bond donors (Lipinski definition) is 1. The van der Waals surface area contributed by atoms with Crippen molar-refractivity contribution in [2.45, 2.75) is 26.7 Å². The van der Waals surface area contributed by atoms with Crippen LogP contribution < -0.4 is 4.90 Å². The topological polar surface area (TPSA) is 52.9 Å². The molecule has 1 aliphatic heterocycles. The number of para-hydroxylation sites is 2. The molecule has 3 aromatic rings. The number of anilines is 1. The van der Waals surface area contributed by atoms with E-state index in [1.807, 2.05) is 48.5 Å². The number of phenols is 1. The van der Waals surface area contributed by atoms with Gasteiger partial charge in [-0.1, -0.05) is 62.4 Å². The molecular weight excluding hydrogens is 404 g/mol. The van der Waals surface area contributed by atoms with Crippen LogP contribution in [0.25, 0.3) is 6.08 Å². The van der Waals surface area contributed by atoms with Crippen LogP contribution in [-0.4, -0.2) is 16.2 Å². The second kappa shape index (κ2) is 9.23. The first-order valence-corrected chi connectivity index (χ1v) is 11.2. The summed E-state index contributed by atoms with van der Waals surface area (Å²) in [6.07, 6.45) is 3.54. The van der Waals surface area contributed by atoms with E-state index in [0.717, 1.165) is 40.9 Å². The molecule has 0 atom stereocenters. The average Bonchev–Trinajstić information content (AvgIpc) is 3.10. The van der Waals surface area contributed by atoms with Crippen LogP contribution in [0.1, 0.15) is 30.5 Å². The summed E-state index contributed by atoms with van der Waals surface area (Å²) in [7, 11) is 0. The molecule has 1 saturated heterocycles. The molecule has 0 radical (unpaired) electrons. The lowest BCUT2D eigenvalue weighted by Crippen LogP contribution is -2.29. The van der Waals surface area contributed by atoms with Crippen LogP contribution in [0.5, 0.6) is 5.75 Å². The van der Waals surface area contributed by atoms with E-state index in [1.54, 1.807) is 29.2 Å². The first-order valence-electron chi connectivity index (χ1n) is 10.4. The minimum atomic E-state index is -0.0910. The maximum Gasteiger partial charge on any atom is 0.271 e. The molecular formula is C26H24N2O2S. The van der Waals surface area contributed by atoms with Crippen molar-refractivity contribution in [1.29, 1.82) is 0 Å². The molecule has 0 unspecified atom stereocenters. The van der Waals surface area contributed by atoms with Crippen LogP contribution in [0, 0.1) is 0 Å². The van der Waals surface area contributed by atoms with E-state index >= 15 is 0 Å². The minimum Gasteiger partial charge on any atom is -0.508 e. The molecule has 0 saturated carbocycles. The number of benzene rings is 3. The Kier molecular flexibility index (Phi) is 6.23. The van der Waals surface area contributed by atoms with Gasteiger partial charge < -0.3 is 5.11 Å². The lowest BCUT2D eigenvalue weighted by atomic mass is 10.1. The summed E-state index contributed by atoms with van der Waals surface area (Å²) in [6.45, 7) is 4.19. The highest BCUT2D eigenvalue weighted by atomic mass is 32.2. The van der Waals surface area contributed by atoms with Gasteiger partial charge in [0.1, 0.15) is 5.75 Å². The molecule has 5 heteroatoms. The van der Waals surface area contributed by atoms with Gasteiger partial charge in [0.25, 0.3) is 5.91 Å². The Bertz CT molecular complexity index is 1170. The second-order valence-electron chi connectivity index (χ2n) is 7.20. The molecule has 3 aromatic carbocycles. The average molecular weight is 429 g/mol. The Morgan fingerprint density at radius 3 is 2.26 bits per heavy atom. The third kappa shape index (κ3) is 4.42. The first kappa shape index (κ1) is 20.9. The summed E-state index contributed by atoms with van der Waals surface area (Å²) in [6, 6.07) is 22.8. The maximum atomic E-state index is 13.5. The lowest BCUT2D eigenvalue weighted by Gasteiger charge is -2.19. The van der Waals surface area contributed by atoms with Gasteiger partial charge in [0.2, 0.25) is 0 Å². The molecule has 1 aliphatic rings. The third-order valence-corrected chi connectivity index (χ3v) is 6.17. The Balaban J connectivity index is 1.83. The molecule has 0 bridgehead atoms. The van der Waals surface area contributed by atoms with E-state index in [2.05, 4.69) is 19.9 Å².